The van der Waals surface area contributed by atoms with E-state index in [4.69, 9.17) is 11.6 Å². The second-order valence-electron chi connectivity index (χ2n) is 5.75. The SMILES string of the molecule is O=S(=O)(c1ccc(Cl)c(C(F)(F)F)c1)N1CCC(=C2CC2)CC1. The molecule has 0 spiro atoms. The second kappa shape index (κ2) is 5.79. The predicted molar refractivity (Wildman–Crippen MR) is 80.7 cm³/mol. The summed E-state index contributed by atoms with van der Waals surface area (Å²) in [6, 6.07) is 2.73. The van der Waals surface area contributed by atoms with Gasteiger partial charge in [0.25, 0.3) is 0 Å². The van der Waals surface area contributed by atoms with Gasteiger partial charge in [0, 0.05) is 13.1 Å². The van der Waals surface area contributed by atoms with Crippen molar-refractivity contribution in [3.05, 3.63) is 39.9 Å². The van der Waals surface area contributed by atoms with Gasteiger partial charge in [0.05, 0.1) is 15.5 Å². The molecule has 0 amide bonds. The molecule has 1 saturated heterocycles. The highest BCUT2D eigenvalue weighted by molar-refractivity contribution is 7.89. The van der Waals surface area contributed by atoms with E-state index >= 15 is 0 Å². The third-order valence-electron chi connectivity index (χ3n) is 4.21. The van der Waals surface area contributed by atoms with Crippen LogP contribution >= 0.6 is 11.6 Å². The summed E-state index contributed by atoms with van der Waals surface area (Å²) in [6.07, 6.45) is -1.18. The van der Waals surface area contributed by atoms with Gasteiger partial charge in [-0.15, -0.1) is 0 Å². The zero-order valence-electron chi connectivity index (χ0n) is 12.2. The van der Waals surface area contributed by atoms with E-state index < -0.39 is 26.8 Å². The Balaban J connectivity index is 1.87. The fraction of sp³-hybridized carbons (Fsp3) is 0.467. The minimum absolute atomic E-state index is 0.311. The van der Waals surface area contributed by atoms with Crippen molar-refractivity contribution >= 4 is 21.6 Å². The summed E-state index contributed by atoms with van der Waals surface area (Å²) >= 11 is 5.54. The predicted octanol–water partition coefficient (Wildman–Crippen LogP) is 4.23. The Hall–Kier alpha value is -1.05. The zero-order valence-corrected chi connectivity index (χ0v) is 13.7. The summed E-state index contributed by atoms with van der Waals surface area (Å²) in [5.74, 6) is 0. The number of halogens is 4. The number of benzene rings is 1. The molecule has 23 heavy (non-hydrogen) atoms. The van der Waals surface area contributed by atoms with E-state index in [9.17, 15) is 21.6 Å². The highest BCUT2D eigenvalue weighted by Crippen LogP contribution is 2.38. The third kappa shape index (κ3) is 3.41. The molecule has 0 unspecified atom stereocenters. The highest BCUT2D eigenvalue weighted by atomic mass is 35.5. The molecule has 1 saturated carbocycles. The van der Waals surface area contributed by atoms with Gasteiger partial charge in [-0.2, -0.15) is 17.5 Å². The molecule has 0 N–H and O–H groups in total. The van der Waals surface area contributed by atoms with Gasteiger partial charge in [0.2, 0.25) is 10.0 Å². The van der Waals surface area contributed by atoms with Crippen molar-refractivity contribution in [3.8, 4) is 0 Å². The van der Waals surface area contributed by atoms with E-state index in [0.717, 1.165) is 25.0 Å². The minimum Gasteiger partial charge on any atom is -0.207 e. The van der Waals surface area contributed by atoms with Gasteiger partial charge >= 0.3 is 6.18 Å². The number of nitrogens with zero attached hydrogens (tertiary/aromatic N) is 1. The van der Waals surface area contributed by atoms with Gasteiger partial charge < -0.3 is 0 Å². The number of hydrogen-bond acceptors (Lipinski definition) is 2. The Morgan fingerprint density at radius 2 is 1.57 bits per heavy atom. The Kier molecular flexibility index (Phi) is 4.23. The molecule has 3 rings (SSSR count). The van der Waals surface area contributed by atoms with Crippen molar-refractivity contribution in [3.63, 3.8) is 0 Å². The van der Waals surface area contributed by atoms with Crippen molar-refractivity contribution in [1.29, 1.82) is 0 Å². The average Bonchev–Trinajstić information content (AvgIpc) is 3.31. The summed E-state index contributed by atoms with van der Waals surface area (Å²) < 4.78 is 65.1. The van der Waals surface area contributed by atoms with Crippen LogP contribution in [0.3, 0.4) is 0 Å². The molecule has 0 aromatic heterocycles. The monoisotopic (exact) mass is 365 g/mol. The number of allylic oxidation sites excluding steroid dienone is 1. The van der Waals surface area contributed by atoms with Crippen LogP contribution in [0.1, 0.15) is 31.2 Å². The maximum Gasteiger partial charge on any atom is 0.417 e. The standard InChI is InChI=1S/C15H15ClF3NO2S/c16-14-4-3-12(9-13(14)15(17,18)19)23(21,22)20-7-5-11(6-8-20)10-1-2-10/h3-4,9H,1-2,5-8H2. The van der Waals surface area contributed by atoms with Crippen molar-refractivity contribution in [2.75, 3.05) is 13.1 Å². The molecule has 0 bridgehead atoms. The lowest BCUT2D eigenvalue weighted by Gasteiger charge is -2.28. The molecule has 8 heteroatoms. The molecule has 2 fully saturated rings. The molecule has 126 valence electrons. The molecular formula is C15H15ClF3NO2S. The van der Waals surface area contributed by atoms with Crippen LogP contribution in [0.15, 0.2) is 34.2 Å². The summed E-state index contributed by atoms with van der Waals surface area (Å²) in [6.45, 7) is 0.621. The van der Waals surface area contributed by atoms with E-state index in [1.807, 2.05) is 0 Å². The van der Waals surface area contributed by atoms with E-state index in [1.54, 1.807) is 0 Å². The highest BCUT2D eigenvalue weighted by Gasteiger charge is 2.36. The quantitative estimate of drug-likeness (QED) is 0.735. The lowest BCUT2D eigenvalue weighted by molar-refractivity contribution is -0.137. The van der Waals surface area contributed by atoms with Crippen LogP contribution in [-0.4, -0.2) is 25.8 Å². The largest absolute Gasteiger partial charge is 0.417 e. The molecule has 2 aliphatic rings. The molecule has 0 radical (unpaired) electrons. The summed E-state index contributed by atoms with van der Waals surface area (Å²) in [7, 11) is -3.94. The maximum absolute atomic E-state index is 12.9. The van der Waals surface area contributed by atoms with Gasteiger partial charge in [-0.1, -0.05) is 22.7 Å². The van der Waals surface area contributed by atoms with Crippen LogP contribution in [-0.2, 0) is 16.2 Å². The van der Waals surface area contributed by atoms with Crippen LogP contribution in [0.2, 0.25) is 5.02 Å². The molecule has 1 aromatic rings. The normalized spacial score (nSPS) is 20.0. The second-order valence-corrected chi connectivity index (χ2v) is 8.10. The van der Waals surface area contributed by atoms with E-state index in [2.05, 4.69) is 0 Å². The van der Waals surface area contributed by atoms with Crippen LogP contribution in [0, 0.1) is 0 Å². The molecule has 1 aliphatic carbocycles. The van der Waals surface area contributed by atoms with Crippen molar-refractivity contribution in [2.24, 2.45) is 0 Å². The van der Waals surface area contributed by atoms with Crippen LogP contribution < -0.4 is 0 Å². The summed E-state index contributed by atoms with van der Waals surface area (Å²) in [5, 5.41) is -0.504. The van der Waals surface area contributed by atoms with Crippen molar-refractivity contribution < 1.29 is 21.6 Å². The lowest BCUT2D eigenvalue weighted by Crippen LogP contribution is -2.36. The Morgan fingerprint density at radius 3 is 2.09 bits per heavy atom. The number of hydrogen-bond donors (Lipinski definition) is 0. The lowest BCUT2D eigenvalue weighted by atomic mass is 10.1. The first-order valence-electron chi connectivity index (χ1n) is 7.26. The molecule has 1 aromatic carbocycles. The van der Waals surface area contributed by atoms with Crippen molar-refractivity contribution in [2.45, 2.75) is 36.8 Å². The van der Waals surface area contributed by atoms with E-state index in [0.29, 0.717) is 32.0 Å². The number of rotatable bonds is 2. The zero-order chi connectivity index (χ0) is 16.8. The molecule has 1 aliphatic heterocycles. The first-order chi connectivity index (χ1) is 10.7. The Morgan fingerprint density at radius 1 is 1.00 bits per heavy atom. The summed E-state index contributed by atoms with van der Waals surface area (Å²) in [4.78, 5) is -0.364. The van der Waals surface area contributed by atoms with Crippen LogP contribution in [0.4, 0.5) is 13.2 Å². The molecule has 1 heterocycles. The maximum atomic E-state index is 12.9. The first-order valence-corrected chi connectivity index (χ1v) is 9.08. The average molecular weight is 366 g/mol. The third-order valence-corrected chi connectivity index (χ3v) is 6.43. The van der Waals surface area contributed by atoms with E-state index in [1.165, 1.54) is 15.5 Å². The first kappa shape index (κ1) is 16.8. The van der Waals surface area contributed by atoms with Gasteiger partial charge in [-0.25, -0.2) is 8.42 Å². The van der Waals surface area contributed by atoms with E-state index in [-0.39, 0.29) is 4.90 Å². The topological polar surface area (TPSA) is 37.4 Å². The number of sulfonamides is 1. The van der Waals surface area contributed by atoms with Crippen LogP contribution in [0.25, 0.3) is 0 Å². The summed E-state index contributed by atoms with van der Waals surface area (Å²) in [5.41, 5.74) is 1.59. The van der Waals surface area contributed by atoms with Gasteiger partial charge in [0.1, 0.15) is 0 Å². The molecular weight excluding hydrogens is 351 g/mol. The van der Waals surface area contributed by atoms with Gasteiger partial charge in [-0.05, 0) is 43.9 Å². The minimum atomic E-state index is -4.69. The smallest absolute Gasteiger partial charge is 0.207 e. The number of piperidine rings is 1. The Bertz CT molecular complexity index is 755. The van der Waals surface area contributed by atoms with Crippen LogP contribution in [0.5, 0.6) is 0 Å². The van der Waals surface area contributed by atoms with Gasteiger partial charge in [-0.3, -0.25) is 0 Å². The fourth-order valence-electron chi connectivity index (χ4n) is 2.80. The fourth-order valence-corrected chi connectivity index (χ4v) is 4.49. The van der Waals surface area contributed by atoms with Crippen molar-refractivity contribution in [1.82, 2.24) is 4.31 Å². The number of alkyl halides is 3. The molecule has 3 nitrogen and oxygen atoms in total. The molecule has 0 atom stereocenters. The van der Waals surface area contributed by atoms with Gasteiger partial charge in [0.15, 0.2) is 0 Å². The Labute approximate surface area is 137 Å².